The number of nitrogens with zero attached hydrogens (tertiary/aromatic N) is 2. The van der Waals surface area contributed by atoms with Crippen molar-refractivity contribution in [2.75, 3.05) is 12.4 Å². The molecule has 0 unspecified atom stereocenters. The largest absolute Gasteiger partial charge is 0.372 e. The number of hydrogen-bond donors (Lipinski definition) is 1. The van der Waals surface area contributed by atoms with Crippen LogP contribution >= 0.6 is 38.5 Å². The Kier molecular flexibility index (Phi) is 4.69. The minimum Gasteiger partial charge on any atom is -0.372 e. The smallest absolute Gasteiger partial charge is 0.161 e. The maximum Gasteiger partial charge on any atom is 0.161 e. The van der Waals surface area contributed by atoms with Crippen LogP contribution in [0.1, 0.15) is 26.5 Å². The molecule has 5 heteroatoms. The number of benzene rings is 1. The molecule has 0 saturated carbocycles. The SMILES string of the molecule is CNc1nc(-c2ccc(Br)cc2)nc(C(C)(C)C)c1I. The van der Waals surface area contributed by atoms with Crippen molar-refractivity contribution in [1.29, 1.82) is 0 Å². The predicted octanol–water partition coefficient (Wildman–Crippen LogP) is 4.85. The van der Waals surface area contributed by atoms with Gasteiger partial charge in [0.05, 0.1) is 9.26 Å². The molecule has 1 N–H and O–H groups in total. The van der Waals surface area contributed by atoms with Crippen molar-refractivity contribution in [2.45, 2.75) is 26.2 Å². The van der Waals surface area contributed by atoms with Crippen LogP contribution in [0.5, 0.6) is 0 Å². The van der Waals surface area contributed by atoms with Gasteiger partial charge in [0.1, 0.15) is 5.82 Å². The first-order valence-electron chi connectivity index (χ1n) is 6.34. The minimum atomic E-state index is -0.0187. The van der Waals surface area contributed by atoms with E-state index in [-0.39, 0.29) is 5.41 Å². The highest BCUT2D eigenvalue weighted by Gasteiger charge is 2.23. The van der Waals surface area contributed by atoms with E-state index in [4.69, 9.17) is 4.98 Å². The lowest BCUT2D eigenvalue weighted by Crippen LogP contribution is -2.18. The third kappa shape index (κ3) is 3.31. The first-order chi connectivity index (χ1) is 9.32. The zero-order chi connectivity index (χ0) is 14.9. The molecule has 20 heavy (non-hydrogen) atoms. The van der Waals surface area contributed by atoms with E-state index in [9.17, 15) is 0 Å². The van der Waals surface area contributed by atoms with Crippen molar-refractivity contribution < 1.29 is 0 Å². The molecule has 106 valence electrons. The number of aromatic nitrogens is 2. The Bertz CT molecular complexity index is 618. The van der Waals surface area contributed by atoms with Gasteiger partial charge >= 0.3 is 0 Å². The second kappa shape index (κ2) is 5.97. The summed E-state index contributed by atoms with van der Waals surface area (Å²) in [5.74, 6) is 1.63. The summed E-state index contributed by atoms with van der Waals surface area (Å²) in [5, 5.41) is 3.16. The Labute approximate surface area is 141 Å². The van der Waals surface area contributed by atoms with Crippen LogP contribution in [0.2, 0.25) is 0 Å². The van der Waals surface area contributed by atoms with Crippen LogP contribution in [-0.2, 0) is 5.41 Å². The molecule has 0 aliphatic heterocycles. The number of halogens is 2. The average Bonchev–Trinajstić information content (AvgIpc) is 2.38. The molecule has 0 fully saturated rings. The second-order valence-electron chi connectivity index (χ2n) is 5.57. The maximum absolute atomic E-state index is 4.78. The summed E-state index contributed by atoms with van der Waals surface area (Å²) in [5.41, 5.74) is 2.07. The van der Waals surface area contributed by atoms with Crippen molar-refractivity contribution >= 4 is 44.3 Å². The summed E-state index contributed by atoms with van der Waals surface area (Å²) in [6, 6.07) is 8.06. The van der Waals surface area contributed by atoms with E-state index < -0.39 is 0 Å². The monoisotopic (exact) mass is 445 g/mol. The van der Waals surface area contributed by atoms with E-state index in [1.54, 1.807) is 0 Å². The second-order valence-corrected chi connectivity index (χ2v) is 7.56. The summed E-state index contributed by atoms with van der Waals surface area (Å²) in [7, 11) is 1.89. The van der Waals surface area contributed by atoms with E-state index in [0.717, 1.165) is 30.9 Å². The Balaban J connectivity index is 2.63. The number of rotatable bonds is 2. The summed E-state index contributed by atoms with van der Waals surface area (Å²) in [6.45, 7) is 6.51. The average molecular weight is 446 g/mol. The molecule has 1 aromatic heterocycles. The summed E-state index contributed by atoms with van der Waals surface area (Å²) in [6.07, 6.45) is 0. The predicted molar refractivity (Wildman–Crippen MR) is 96.1 cm³/mol. The quantitative estimate of drug-likeness (QED) is 0.671. The van der Waals surface area contributed by atoms with E-state index >= 15 is 0 Å². The van der Waals surface area contributed by atoms with Gasteiger partial charge in [-0.25, -0.2) is 9.97 Å². The first-order valence-corrected chi connectivity index (χ1v) is 8.22. The Morgan fingerprint density at radius 2 is 1.70 bits per heavy atom. The highest BCUT2D eigenvalue weighted by atomic mass is 127. The molecule has 0 bridgehead atoms. The topological polar surface area (TPSA) is 37.8 Å². The molecule has 0 radical (unpaired) electrons. The fourth-order valence-electron chi connectivity index (χ4n) is 1.84. The van der Waals surface area contributed by atoms with Crippen molar-refractivity contribution in [3.8, 4) is 11.4 Å². The van der Waals surface area contributed by atoms with Gasteiger partial charge in [0.2, 0.25) is 0 Å². The van der Waals surface area contributed by atoms with Gasteiger partial charge in [0.25, 0.3) is 0 Å². The molecule has 1 aromatic carbocycles. The van der Waals surface area contributed by atoms with Crippen molar-refractivity contribution in [3.63, 3.8) is 0 Å². The van der Waals surface area contributed by atoms with Gasteiger partial charge < -0.3 is 5.32 Å². The van der Waals surface area contributed by atoms with Gasteiger partial charge in [-0.05, 0) is 34.7 Å². The lowest BCUT2D eigenvalue weighted by atomic mass is 9.91. The molecule has 2 rings (SSSR count). The van der Waals surface area contributed by atoms with Gasteiger partial charge in [-0.2, -0.15) is 0 Å². The number of anilines is 1. The molecular weight excluding hydrogens is 429 g/mol. The van der Waals surface area contributed by atoms with Gasteiger partial charge in [0, 0.05) is 22.5 Å². The summed E-state index contributed by atoms with van der Waals surface area (Å²) < 4.78 is 2.13. The van der Waals surface area contributed by atoms with E-state index in [1.807, 2.05) is 31.3 Å². The Morgan fingerprint density at radius 3 is 2.20 bits per heavy atom. The van der Waals surface area contributed by atoms with Crippen LogP contribution < -0.4 is 5.32 Å². The molecular formula is C15H17BrIN3. The van der Waals surface area contributed by atoms with Crippen LogP contribution in [0.25, 0.3) is 11.4 Å². The van der Waals surface area contributed by atoms with Gasteiger partial charge in [-0.3, -0.25) is 0 Å². The number of nitrogens with one attached hydrogen (secondary N) is 1. The third-order valence-electron chi connectivity index (χ3n) is 2.90. The lowest BCUT2D eigenvalue weighted by molar-refractivity contribution is 0.564. The highest BCUT2D eigenvalue weighted by Crippen LogP contribution is 2.31. The van der Waals surface area contributed by atoms with Crippen molar-refractivity contribution in [3.05, 3.63) is 38.0 Å². The zero-order valence-electron chi connectivity index (χ0n) is 12.0. The molecule has 2 aromatic rings. The van der Waals surface area contributed by atoms with E-state index in [2.05, 4.69) is 69.6 Å². The van der Waals surface area contributed by atoms with Crippen LogP contribution in [0.4, 0.5) is 5.82 Å². The van der Waals surface area contributed by atoms with Crippen LogP contribution in [-0.4, -0.2) is 17.0 Å². The zero-order valence-corrected chi connectivity index (χ0v) is 15.7. The van der Waals surface area contributed by atoms with Crippen molar-refractivity contribution in [2.24, 2.45) is 0 Å². The lowest BCUT2D eigenvalue weighted by Gasteiger charge is -2.21. The van der Waals surface area contributed by atoms with Crippen LogP contribution in [0.15, 0.2) is 28.7 Å². The first kappa shape index (κ1) is 15.7. The fraction of sp³-hybridized carbons (Fsp3) is 0.333. The number of hydrogen-bond acceptors (Lipinski definition) is 3. The van der Waals surface area contributed by atoms with Gasteiger partial charge in [0.15, 0.2) is 5.82 Å². The van der Waals surface area contributed by atoms with Crippen LogP contribution in [0.3, 0.4) is 0 Å². The normalized spacial score (nSPS) is 11.5. The molecule has 0 atom stereocenters. The fourth-order valence-corrected chi connectivity index (χ4v) is 3.42. The molecule has 0 saturated heterocycles. The molecule has 1 heterocycles. The van der Waals surface area contributed by atoms with Crippen LogP contribution in [0, 0.1) is 3.57 Å². The molecule has 3 nitrogen and oxygen atoms in total. The Morgan fingerprint density at radius 1 is 1.10 bits per heavy atom. The molecule has 0 amide bonds. The van der Waals surface area contributed by atoms with Gasteiger partial charge in [-0.15, -0.1) is 0 Å². The highest BCUT2D eigenvalue weighted by molar-refractivity contribution is 14.1. The minimum absolute atomic E-state index is 0.0187. The molecule has 0 aliphatic carbocycles. The maximum atomic E-state index is 4.78. The van der Waals surface area contributed by atoms with E-state index in [0.29, 0.717) is 0 Å². The summed E-state index contributed by atoms with van der Waals surface area (Å²) >= 11 is 5.76. The van der Waals surface area contributed by atoms with Crippen molar-refractivity contribution in [1.82, 2.24) is 9.97 Å². The standard InChI is InChI=1S/C15H17BrIN3/c1-15(2,3)12-11(17)14(18-4)20-13(19-12)9-5-7-10(16)8-6-9/h5-8H,1-4H3,(H,18,19,20). The third-order valence-corrected chi connectivity index (χ3v) is 4.45. The molecule has 0 spiro atoms. The Hall–Kier alpha value is -0.690. The molecule has 0 aliphatic rings. The van der Waals surface area contributed by atoms with Gasteiger partial charge in [-0.1, -0.05) is 48.8 Å². The van der Waals surface area contributed by atoms with E-state index in [1.165, 1.54) is 0 Å². The summed E-state index contributed by atoms with van der Waals surface area (Å²) in [4.78, 5) is 9.40.